The molecule has 1 aromatic rings. The van der Waals surface area contributed by atoms with E-state index in [1.165, 1.54) is 24.0 Å². The first-order valence-electron chi connectivity index (χ1n) is 6.78. The number of rotatable bonds is 4. The van der Waals surface area contributed by atoms with Gasteiger partial charge in [0.25, 0.3) is 0 Å². The molecule has 1 fully saturated rings. The smallest absolute Gasteiger partial charge is 0.317 e. The molecule has 0 heterocycles. The van der Waals surface area contributed by atoms with Crippen LogP contribution in [0.25, 0.3) is 0 Å². The molecular weight excluding hydrogens is 226 g/mol. The van der Waals surface area contributed by atoms with Crippen LogP contribution in [0, 0.1) is 0 Å². The second-order valence-corrected chi connectivity index (χ2v) is 5.46. The van der Waals surface area contributed by atoms with Crippen molar-refractivity contribution in [2.45, 2.75) is 44.2 Å². The van der Waals surface area contributed by atoms with Gasteiger partial charge in [-0.3, -0.25) is 9.69 Å². The molecule has 2 aliphatic rings. The molecule has 96 valence electrons. The van der Waals surface area contributed by atoms with Gasteiger partial charge in [0.05, 0.1) is 6.54 Å². The fourth-order valence-electron chi connectivity index (χ4n) is 3.08. The Balaban J connectivity index is 1.75. The minimum atomic E-state index is -0.694. The Labute approximate surface area is 107 Å². The molecule has 3 heteroatoms. The number of nitrogens with zero attached hydrogens (tertiary/aromatic N) is 1. The molecule has 1 atom stereocenters. The van der Waals surface area contributed by atoms with Crippen molar-refractivity contribution in [3.05, 3.63) is 35.4 Å². The van der Waals surface area contributed by atoms with Crippen molar-refractivity contribution in [1.29, 1.82) is 0 Å². The summed E-state index contributed by atoms with van der Waals surface area (Å²) in [6, 6.07) is 9.51. The molecule has 18 heavy (non-hydrogen) atoms. The van der Waals surface area contributed by atoms with Gasteiger partial charge < -0.3 is 5.11 Å². The normalized spacial score (nSPS) is 22.8. The van der Waals surface area contributed by atoms with Gasteiger partial charge in [-0.25, -0.2) is 0 Å². The minimum absolute atomic E-state index is 0.206. The summed E-state index contributed by atoms with van der Waals surface area (Å²) in [7, 11) is 0. The highest BCUT2D eigenvalue weighted by Crippen LogP contribution is 2.33. The van der Waals surface area contributed by atoms with E-state index in [1.807, 2.05) is 0 Å². The molecule has 0 aromatic heterocycles. The molecule has 0 bridgehead atoms. The SMILES string of the molecule is O=C(O)CN(C1CC1)C1CCc2ccccc2C1. The highest BCUT2D eigenvalue weighted by molar-refractivity contribution is 5.69. The zero-order chi connectivity index (χ0) is 12.5. The Bertz CT molecular complexity index is 454. The summed E-state index contributed by atoms with van der Waals surface area (Å²) >= 11 is 0. The monoisotopic (exact) mass is 245 g/mol. The van der Waals surface area contributed by atoms with Crippen LogP contribution in [-0.2, 0) is 17.6 Å². The molecule has 0 aliphatic heterocycles. The summed E-state index contributed by atoms with van der Waals surface area (Å²) in [5.41, 5.74) is 2.85. The quantitative estimate of drug-likeness (QED) is 0.883. The highest BCUT2D eigenvalue weighted by atomic mass is 16.4. The average molecular weight is 245 g/mol. The first kappa shape index (κ1) is 11.7. The number of aryl methyl sites for hydroxylation is 1. The minimum Gasteiger partial charge on any atom is -0.480 e. The third-order valence-corrected chi connectivity index (χ3v) is 4.12. The van der Waals surface area contributed by atoms with E-state index >= 15 is 0 Å². The maximum absolute atomic E-state index is 11.0. The molecule has 1 unspecified atom stereocenters. The van der Waals surface area contributed by atoms with Crippen LogP contribution in [-0.4, -0.2) is 34.6 Å². The van der Waals surface area contributed by atoms with Gasteiger partial charge in [-0.15, -0.1) is 0 Å². The van der Waals surface area contributed by atoms with Crippen LogP contribution in [0.1, 0.15) is 30.4 Å². The van der Waals surface area contributed by atoms with Crippen LogP contribution in [0.5, 0.6) is 0 Å². The van der Waals surface area contributed by atoms with Gasteiger partial charge in [-0.05, 0) is 43.2 Å². The third kappa shape index (κ3) is 2.41. The van der Waals surface area contributed by atoms with Crippen LogP contribution in [0.4, 0.5) is 0 Å². The molecule has 1 saturated carbocycles. The summed E-state index contributed by atoms with van der Waals surface area (Å²) in [5, 5.41) is 9.04. The first-order chi connectivity index (χ1) is 8.74. The lowest BCUT2D eigenvalue weighted by molar-refractivity contribution is -0.139. The molecule has 1 N–H and O–H groups in total. The van der Waals surface area contributed by atoms with Gasteiger partial charge in [-0.2, -0.15) is 0 Å². The maximum atomic E-state index is 11.0. The van der Waals surface area contributed by atoms with Gasteiger partial charge in [-0.1, -0.05) is 24.3 Å². The number of carbonyl (C=O) groups is 1. The van der Waals surface area contributed by atoms with Crippen LogP contribution in [0.15, 0.2) is 24.3 Å². The first-order valence-corrected chi connectivity index (χ1v) is 6.78. The van der Waals surface area contributed by atoms with Crippen LogP contribution in [0.3, 0.4) is 0 Å². The lowest BCUT2D eigenvalue weighted by Crippen LogP contribution is -2.43. The molecular formula is C15H19NO2. The van der Waals surface area contributed by atoms with Crippen molar-refractivity contribution in [3.8, 4) is 0 Å². The van der Waals surface area contributed by atoms with E-state index in [1.54, 1.807) is 0 Å². The van der Waals surface area contributed by atoms with Gasteiger partial charge in [0.1, 0.15) is 0 Å². The van der Waals surface area contributed by atoms with Gasteiger partial charge in [0.15, 0.2) is 0 Å². The van der Waals surface area contributed by atoms with E-state index in [4.69, 9.17) is 5.11 Å². The van der Waals surface area contributed by atoms with Crippen molar-refractivity contribution in [2.75, 3.05) is 6.54 Å². The maximum Gasteiger partial charge on any atom is 0.317 e. The molecule has 3 rings (SSSR count). The summed E-state index contributed by atoms with van der Waals surface area (Å²) in [6.07, 6.45) is 5.54. The van der Waals surface area contributed by atoms with Gasteiger partial charge in [0.2, 0.25) is 0 Å². The van der Waals surface area contributed by atoms with E-state index in [0.717, 1.165) is 19.3 Å². The van der Waals surface area contributed by atoms with E-state index < -0.39 is 5.97 Å². The van der Waals surface area contributed by atoms with Crippen LogP contribution < -0.4 is 0 Å². The van der Waals surface area contributed by atoms with Crippen molar-refractivity contribution in [1.82, 2.24) is 4.90 Å². The number of benzene rings is 1. The number of hydrogen-bond donors (Lipinski definition) is 1. The standard InChI is InChI=1S/C15H19NO2/c17-15(18)10-16(13-7-8-13)14-6-5-11-3-1-2-4-12(11)9-14/h1-4,13-14H,5-10H2,(H,17,18). The number of hydrogen-bond acceptors (Lipinski definition) is 2. The second kappa shape index (κ2) is 4.73. The summed E-state index contributed by atoms with van der Waals surface area (Å²) in [6.45, 7) is 0.206. The Morgan fingerprint density at radius 2 is 1.89 bits per heavy atom. The van der Waals surface area contributed by atoms with E-state index in [-0.39, 0.29) is 6.54 Å². The van der Waals surface area contributed by atoms with E-state index in [2.05, 4.69) is 29.2 Å². The molecule has 0 saturated heterocycles. The molecule has 0 radical (unpaired) electrons. The summed E-state index contributed by atoms with van der Waals surface area (Å²) in [5.74, 6) is -0.694. The molecule has 2 aliphatic carbocycles. The van der Waals surface area contributed by atoms with Crippen molar-refractivity contribution in [2.24, 2.45) is 0 Å². The van der Waals surface area contributed by atoms with Gasteiger partial charge >= 0.3 is 5.97 Å². The predicted molar refractivity (Wildman–Crippen MR) is 69.6 cm³/mol. The van der Waals surface area contributed by atoms with Crippen molar-refractivity contribution in [3.63, 3.8) is 0 Å². The number of carboxylic acids is 1. The zero-order valence-corrected chi connectivity index (χ0v) is 10.5. The molecule has 0 amide bonds. The van der Waals surface area contributed by atoms with E-state index in [0.29, 0.717) is 12.1 Å². The highest BCUT2D eigenvalue weighted by Gasteiger charge is 2.36. The van der Waals surface area contributed by atoms with E-state index in [9.17, 15) is 4.79 Å². The Morgan fingerprint density at radius 3 is 2.56 bits per heavy atom. The number of fused-ring (bicyclic) bond motifs is 1. The molecule has 0 spiro atoms. The Hall–Kier alpha value is -1.35. The lowest BCUT2D eigenvalue weighted by Gasteiger charge is -2.34. The second-order valence-electron chi connectivity index (χ2n) is 5.46. The summed E-state index contributed by atoms with van der Waals surface area (Å²) < 4.78 is 0. The van der Waals surface area contributed by atoms with Crippen molar-refractivity contribution < 1.29 is 9.90 Å². The fourth-order valence-corrected chi connectivity index (χ4v) is 3.08. The predicted octanol–water partition coefficient (Wildman–Crippen LogP) is 2.09. The topological polar surface area (TPSA) is 40.5 Å². The zero-order valence-electron chi connectivity index (χ0n) is 10.5. The number of carboxylic acid groups (broad SMARTS) is 1. The van der Waals surface area contributed by atoms with Crippen molar-refractivity contribution >= 4 is 5.97 Å². The van der Waals surface area contributed by atoms with Crippen LogP contribution >= 0.6 is 0 Å². The Kier molecular flexibility index (Phi) is 3.08. The van der Waals surface area contributed by atoms with Gasteiger partial charge in [0, 0.05) is 12.1 Å². The molecule has 1 aromatic carbocycles. The lowest BCUT2D eigenvalue weighted by atomic mass is 9.87. The largest absolute Gasteiger partial charge is 0.480 e. The Morgan fingerprint density at radius 1 is 1.17 bits per heavy atom. The average Bonchev–Trinajstić information content (AvgIpc) is 3.19. The number of aliphatic carboxylic acids is 1. The summed E-state index contributed by atoms with van der Waals surface area (Å²) in [4.78, 5) is 13.2. The molecule has 3 nitrogen and oxygen atoms in total. The van der Waals surface area contributed by atoms with Crippen LogP contribution in [0.2, 0.25) is 0 Å². The third-order valence-electron chi connectivity index (χ3n) is 4.12. The fraction of sp³-hybridized carbons (Fsp3) is 0.533.